The van der Waals surface area contributed by atoms with Crippen LogP contribution in [-0.2, 0) is 9.84 Å². The highest BCUT2D eigenvalue weighted by molar-refractivity contribution is 7.91. The average molecular weight is 249 g/mol. The minimum Gasteiger partial charge on any atom is -0.316 e. The number of sulfone groups is 1. The van der Waals surface area contributed by atoms with Crippen LogP contribution >= 0.6 is 0 Å². The molecule has 1 unspecified atom stereocenters. The molecule has 16 heavy (non-hydrogen) atoms. The van der Waals surface area contributed by atoms with Crippen LogP contribution in [0.2, 0.25) is 0 Å². The van der Waals surface area contributed by atoms with Crippen LogP contribution in [0.15, 0.2) is 0 Å². The van der Waals surface area contributed by atoms with Gasteiger partial charge in [-0.25, -0.2) is 8.42 Å². The van der Waals surface area contributed by atoms with Gasteiger partial charge in [-0.15, -0.1) is 0 Å². The molecule has 1 N–H and O–H groups in total. The first-order chi connectivity index (χ1) is 7.40. The Bertz CT molecular complexity index is 260. The van der Waals surface area contributed by atoms with E-state index in [9.17, 15) is 8.42 Å². The maximum Gasteiger partial charge on any atom is 0.152 e. The van der Waals surface area contributed by atoms with Crippen molar-refractivity contribution in [3.05, 3.63) is 0 Å². The fraction of sp³-hybridized carbons (Fsp3) is 1.00. The first kappa shape index (κ1) is 15.9. The summed E-state index contributed by atoms with van der Waals surface area (Å²) in [6.45, 7) is 9.87. The summed E-state index contributed by atoms with van der Waals surface area (Å²) in [5.74, 6) is 0.900. The van der Waals surface area contributed by atoms with E-state index >= 15 is 0 Å². The topological polar surface area (TPSA) is 46.2 Å². The van der Waals surface area contributed by atoms with Crippen molar-refractivity contribution in [3.8, 4) is 0 Å². The third kappa shape index (κ3) is 7.23. The molecule has 0 amide bonds. The number of hydrogen-bond acceptors (Lipinski definition) is 3. The molecule has 1 atom stereocenters. The van der Waals surface area contributed by atoms with Gasteiger partial charge in [0.25, 0.3) is 0 Å². The summed E-state index contributed by atoms with van der Waals surface area (Å²) < 4.78 is 23.1. The summed E-state index contributed by atoms with van der Waals surface area (Å²) in [7, 11) is -2.84. The normalized spacial score (nSPS) is 14.3. The second-order valence-electron chi connectivity index (χ2n) is 4.87. The highest BCUT2D eigenvalue weighted by Crippen LogP contribution is 2.09. The maximum absolute atomic E-state index is 11.6. The number of rotatable bonds is 9. The first-order valence-electron chi connectivity index (χ1n) is 6.32. The second kappa shape index (κ2) is 8.07. The molecule has 4 heteroatoms. The zero-order valence-corrected chi connectivity index (χ0v) is 11.9. The van der Waals surface area contributed by atoms with Gasteiger partial charge in [0.2, 0.25) is 0 Å². The van der Waals surface area contributed by atoms with Gasteiger partial charge in [-0.2, -0.15) is 0 Å². The van der Waals surface area contributed by atoms with E-state index in [0.717, 1.165) is 32.4 Å². The molecule has 98 valence electrons. The molecule has 0 aliphatic heterocycles. The maximum atomic E-state index is 11.6. The molecule has 0 heterocycles. The van der Waals surface area contributed by atoms with Gasteiger partial charge in [0.05, 0.1) is 11.0 Å². The van der Waals surface area contributed by atoms with Crippen LogP contribution in [0.25, 0.3) is 0 Å². The molecule has 0 bridgehead atoms. The Morgan fingerprint density at radius 1 is 1.19 bits per heavy atom. The van der Waals surface area contributed by atoms with E-state index in [4.69, 9.17) is 0 Å². The van der Waals surface area contributed by atoms with Crippen molar-refractivity contribution in [1.82, 2.24) is 5.32 Å². The number of nitrogens with one attached hydrogen (secondary N) is 1. The summed E-state index contributed by atoms with van der Waals surface area (Å²) in [6, 6.07) is 0. The predicted molar refractivity (Wildman–Crippen MR) is 70.5 cm³/mol. The van der Waals surface area contributed by atoms with E-state index in [1.165, 1.54) is 0 Å². The standard InChI is InChI=1S/C12H27NO2S/c1-5-8-13-10-12(4)7-6-9-16(14,15)11(2)3/h11-13H,5-10H2,1-4H3. The van der Waals surface area contributed by atoms with Crippen LogP contribution in [0.4, 0.5) is 0 Å². The molecule has 0 aromatic rings. The molecule has 0 saturated heterocycles. The van der Waals surface area contributed by atoms with E-state index in [1.54, 1.807) is 13.8 Å². The van der Waals surface area contributed by atoms with Crippen LogP contribution in [0.1, 0.15) is 47.0 Å². The molecule has 3 nitrogen and oxygen atoms in total. The van der Waals surface area contributed by atoms with Gasteiger partial charge in [0, 0.05) is 0 Å². The van der Waals surface area contributed by atoms with Crippen molar-refractivity contribution in [2.24, 2.45) is 5.92 Å². The lowest BCUT2D eigenvalue weighted by molar-refractivity contribution is 0.474. The van der Waals surface area contributed by atoms with Crippen LogP contribution in [0.5, 0.6) is 0 Å². The van der Waals surface area contributed by atoms with Crippen molar-refractivity contribution in [2.45, 2.75) is 52.2 Å². The zero-order chi connectivity index (χ0) is 12.6. The highest BCUT2D eigenvalue weighted by Gasteiger charge is 2.15. The summed E-state index contributed by atoms with van der Waals surface area (Å²) in [4.78, 5) is 0. The van der Waals surface area contributed by atoms with Gasteiger partial charge in [-0.05, 0) is 52.1 Å². The van der Waals surface area contributed by atoms with Crippen molar-refractivity contribution < 1.29 is 8.42 Å². The molecule has 0 rings (SSSR count). The average Bonchev–Trinajstić information content (AvgIpc) is 2.17. The lowest BCUT2D eigenvalue weighted by Gasteiger charge is -2.13. The van der Waals surface area contributed by atoms with E-state index in [1.807, 2.05) is 0 Å². The van der Waals surface area contributed by atoms with Crippen molar-refractivity contribution in [2.75, 3.05) is 18.8 Å². The highest BCUT2D eigenvalue weighted by atomic mass is 32.2. The van der Waals surface area contributed by atoms with Gasteiger partial charge in [0.15, 0.2) is 9.84 Å². The lowest BCUT2D eigenvalue weighted by atomic mass is 10.1. The first-order valence-corrected chi connectivity index (χ1v) is 8.04. The van der Waals surface area contributed by atoms with E-state index in [2.05, 4.69) is 19.2 Å². The lowest BCUT2D eigenvalue weighted by Crippen LogP contribution is -2.23. The molecular weight excluding hydrogens is 222 g/mol. The molecule has 0 saturated carbocycles. The van der Waals surface area contributed by atoms with Gasteiger partial charge in [0.1, 0.15) is 0 Å². The van der Waals surface area contributed by atoms with E-state index in [0.29, 0.717) is 11.7 Å². The molecule has 0 fully saturated rings. The molecule has 0 aromatic heterocycles. The molecule has 0 spiro atoms. The second-order valence-corrected chi connectivity index (χ2v) is 7.54. The van der Waals surface area contributed by atoms with Crippen LogP contribution in [0, 0.1) is 5.92 Å². The summed E-state index contributed by atoms with van der Waals surface area (Å²) >= 11 is 0. The molecular formula is C12H27NO2S. The fourth-order valence-corrected chi connectivity index (χ4v) is 2.54. The third-order valence-electron chi connectivity index (χ3n) is 2.76. The largest absolute Gasteiger partial charge is 0.316 e. The van der Waals surface area contributed by atoms with E-state index in [-0.39, 0.29) is 5.25 Å². The van der Waals surface area contributed by atoms with Gasteiger partial charge in [-0.3, -0.25) is 0 Å². The number of hydrogen-bond donors (Lipinski definition) is 1. The van der Waals surface area contributed by atoms with Gasteiger partial charge < -0.3 is 5.32 Å². The third-order valence-corrected chi connectivity index (χ3v) is 5.06. The molecule has 0 aromatic carbocycles. The minimum atomic E-state index is -2.84. The van der Waals surface area contributed by atoms with Crippen LogP contribution in [0.3, 0.4) is 0 Å². The Kier molecular flexibility index (Phi) is 8.02. The van der Waals surface area contributed by atoms with Crippen molar-refractivity contribution in [3.63, 3.8) is 0 Å². The SMILES string of the molecule is CCCNCC(C)CCCS(=O)(=O)C(C)C. The summed E-state index contributed by atoms with van der Waals surface area (Å²) in [5.41, 5.74) is 0. The Morgan fingerprint density at radius 2 is 1.81 bits per heavy atom. The Hall–Kier alpha value is -0.0900. The van der Waals surface area contributed by atoms with Crippen LogP contribution in [-0.4, -0.2) is 32.5 Å². The summed E-state index contributed by atoms with van der Waals surface area (Å²) in [5, 5.41) is 3.12. The Morgan fingerprint density at radius 3 is 2.31 bits per heavy atom. The quantitative estimate of drug-likeness (QED) is 0.637. The molecule has 0 aliphatic carbocycles. The minimum absolute atomic E-state index is 0.235. The predicted octanol–water partition coefficient (Wildman–Crippen LogP) is 2.23. The van der Waals surface area contributed by atoms with Gasteiger partial charge >= 0.3 is 0 Å². The van der Waals surface area contributed by atoms with Crippen molar-refractivity contribution >= 4 is 9.84 Å². The monoisotopic (exact) mass is 249 g/mol. The zero-order valence-electron chi connectivity index (χ0n) is 11.1. The fourth-order valence-electron chi connectivity index (χ4n) is 1.50. The smallest absolute Gasteiger partial charge is 0.152 e. The van der Waals surface area contributed by atoms with E-state index < -0.39 is 9.84 Å². The van der Waals surface area contributed by atoms with Gasteiger partial charge in [-0.1, -0.05) is 13.8 Å². The summed E-state index contributed by atoms with van der Waals surface area (Å²) in [6.07, 6.45) is 2.92. The molecule has 0 radical (unpaired) electrons. The van der Waals surface area contributed by atoms with Crippen molar-refractivity contribution in [1.29, 1.82) is 0 Å². The Labute approximate surface area is 101 Å². The van der Waals surface area contributed by atoms with Crippen LogP contribution < -0.4 is 5.32 Å². The molecule has 0 aliphatic rings. The Balaban J connectivity index is 3.66.